The fourth-order valence-electron chi connectivity index (χ4n) is 1.61. The number of benzene rings is 1. The van der Waals surface area contributed by atoms with Gasteiger partial charge < -0.3 is 9.84 Å². The van der Waals surface area contributed by atoms with Gasteiger partial charge in [-0.15, -0.1) is 0 Å². The van der Waals surface area contributed by atoms with Gasteiger partial charge in [0.1, 0.15) is 6.61 Å². The highest BCUT2D eigenvalue weighted by molar-refractivity contribution is 7.92. The summed E-state index contributed by atoms with van der Waals surface area (Å²) in [5.74, 6) is 5.24. The van der Waals surface area contributed by atoms with E-state index in [1.54, 1.807) is 25.1 Å². The Hall–Kier alpha value is -1.55. The molecule has 0 atom stereocenters. The fraction of sp³-hybridized carbons (Fsp3) is 0.467. The van der Waals surface area contributed by atoms with Gasteiger partial charge in [-0.05, 0) is 44.5 Å². The molecule has 0 aromatic heterocycles. The van der Waals surface area contributed by atoms with Crippen LogP contribution in [0.3, 0.4) is 0 Å². The first kappa shape index (κ1) is 17.5. The molecule has 5 nitrogen and oxygen atoms in total. The summed E-state index contributed by atoms with van der Waals surface area (Å²) in [5, 5.41) is 8.65. The number of anilines is 1. The van der Waals surface area contributed by atoms with Crippen LogP contribution in [-0.4, -0.2) is 38.6 Å². The van der Waals surface area contributed by atoms with Gasteiger partial charge in [-0.1, -0.05) is 11.8 Å². The van der Waals surface area contributed by atoms with Crippen molar-refractivity contribution in [3.05, 3.63) is 29.3 Å². The van der Waals surface area contributed by atoms with Gasteiger partial charge in [0.15, 0.2) is 0 Å². The van der Waals surface area contributed by atoms with E-state index in [4.69, 9.17) is 9.84 Å². The van der Waals surface area contributed by atoms with Crippen molar-refractivity contribution in [1.82, 2.24) is 0 Å². The molecular formula is C15H21NO4S. The highest BCUT2D eigenvalue weighted by Gasteiger charge is 2.12. The average Bonchev–Trinajstić information content (AvgIpc) is 2.38. The summed E-state index contributed by atoms with van der Waals surface area (Å²) >= 11 is 0. The molecule has 21 heavy (non-hydrogen) atoms. The van der Waals surface area contributed by atoms with E-state index in [2.05, 4.69) is 16.6 Å². The van der Waals surface area contributed by atoms with Crippen molar-refractivity contribution in [3.63, 3.8) is 0 Å². The van der Waals surface area contributed by atoms with Crippen LogP contribution in [0.15, 0.2) is 18.2 Å². The van der Waals surface area contributed by atoms with Crippen molar-refractivity contribution >= 4 is 15.7 Å². The first-order valence-electron chi connectivity index (χ1n) is 6.66. The summed E-state index contributed by atoms with van der Waals surface area (Å²) in [7, 11) is -3.43. The first-order chi connectivity index (χ1) is 9.84. The Balaban J connectivity index is 2.74. The third kappa shape index (κ3) is 6.63. The summed E-state index contributed by atoms with van der Waals surface area (Å²) in [6.45, 7) is 5.47. The van der Waals surface area contributed by atoms with E-state index in [0.717, 1.165) is 11.1 Å². The molecule has 0 radical (unpaired) electrons. The number of aliphatic hydroxyl groups is 1. The van der Waals surface area contributed by atoms with Gasteiger partial charge in [0.05, 0.1) is 24.2 Å². The minimum atomic E-state index is -3.43. The highest BCUT2D eigenvalue weighted by Crippen LogP contribution is 2.17. The Bertz CT molecular complexity index is 627. The zero-order valence-corrected chi connectivity index (χ0v) is 13.3. The predicted molar refractivity (Wildman–Crippen MR) is 83.6 cm³/mol. The molecule has 0 heterocycles. The molecule has 0 unspecified atom stereocenters. The van der Waals surface area contributed by atoms with Crippen molar-refractivity contribution < 1.29 is 18.3 Å². The van der Waals surface area contributed by atoms with Crippen LogP contribution in [-0.2, 0) is 14.8 Å². The summed E-state index contributed by atoms with van der Waals surface area (Å²) in [6, 6.07) is 5.14. The van der Waals surface area contributed by atoms with Crippen molar-refractivity contribution in [1.29, 1.82) is 0 Å². The lowest BCUT2D eigenvalue weighted by Gasteiger charge is -2.12. The number of aliphatic hydroxyl groups excluding tert-OH is 1. The maximum Gasteiger partial charge on any atom is 0.235 e. The molecule has 1 rings (SSSR count). The molecule has 0 amide bonds. The first-order valence-corrected chi connectivity index (χ1v) is 8.32. The number of rotatable bonds is 6. The fourth-order valence-corrected chi connectivity index (χ4v) is 2.59. The van der Waals surface area contributed by atoms with Gasteiger partial charge in [0.25, 0.3) is 0 Å². The van der Waals surface area contributed by atoms with Gasteiger partial charge in [-0.25, -0.2) is 8.42 Å². The van der Waals surface area contributed by atoms with Gasteiger partial charge in [-0.3, -0.25) is 4.72 Å². The monoisotopic (exact) mass is 311 g/mol. The Labute approximate surface area is 126 Å². The Kier molecular flexibility index (Phi) is 6.69. The molecule has 0 aliphatic rings. The molecule has 6 heteroatoms. The number of nitrogens with one attached hydrogen (secondary N) is 1. The second kappa shape index (κ2) is 8.03. The van der Waals surface area contributed by atoms with Crippen LogP contribution >= 0.6 is 0 Å². The zero-order valence-electron chi connectivity index (χ0n) is 12.5. The largest absolute Gasteiger partial charge is 0.384 e. The molecule has 0 bridgehead atoms. The van der Waals surface area contributed by atoms with Crippen molar-refractivity contribution in [2.75, 3.05) is 23.7 Å². The Morgan fingerprint density at radius 2 is 2.10 bits per heavy atom. The SMILES string of the molecule is Cc1cc(C#CCO)ccc1NS(=O)(=O)CCOC(C)C. The van der Waals surface area contributed by atoms with Crippen LogP contribution < -0.4 is 4.72 Å². The quantitative estimate of drug-likeness (QED) is 0.781. The Morgan fingerprint density at radius 3 is 2.67 bits per heavy atom. The van der Waals surface area contributed by atoms with E-state index < -0.39 is 10.0 Å². The standard InChI is InChI=1S/C15H21NO4S/c1-12(2)20-9-10-21(18,19)16-15-7-6-14(5-4-8-17)11-13(15)3/h6-7,11-12,16-17H,8-10H2,1-3H3. The minimum Gasteiger partial charge on any atom is -0.384 e. The maximum absolute atomic E-state index is 11.9. The van der Waals surface area contributed by atoms with Gasteiger partial charge in [-0.2, -0.15) is 0 Å². The molecule has 0 saturated carbocycles. The van der Waals surface area contributed by atoms with Crippen LogP contribution in [0.25, 0.3) is 0 Å². The van der Waals surface area contributed by atoms with E-state index in [0.29, 0.717) is 5.69 Å². The third-order valence-corrected chi connectivity index (χ3v) is 3.84. The number of hydrogen-bond donors (Lipinski definition) is 2. The normalized spacial score (nSPS) is 11.1. The van der Waals surface area contributed by atoms with E-state index >= 15 is 0 Å². The van der Waals surface area contributed by atoms with Gasteiger partial charge in [0, 0.05) is 5.56 Å². The van der Waals surface area contributed by atoms with Crippen LogP contribution in [0.1, 0.15) is 25.0 Å². The predicted octanol–water partition coefficient (Wildman–Crippen LogP) is 1.51. The van der Waals surface area contributed by atoms with Crippen LogP contribution in [0.5, 0.6) is 0 Å². The molecule has 0 saturated heterocycles. The minimum absolute atomic E-state index is 0.00585. The number of ether oxygens (including phenoxy) is 1. The number of hydrogen-bond acceptors (Lipinski definition) is 4. The molecule has 0 fully saturated rings. The van der Waals surface area contributed by atoms with Crippen molar-refractivity contribution in [2.45, 2.75) is 26.9 Å². The second-order valence-corrected chi connectivity index (χ2v) is 6.67. The van der Waals surface area contributed by atoms with Gasteiger partial charge >= 0.3 is 0 Å². The number of aryl methyl sites for hydroxylation is 1. The molecule has 116 valence electrons. The lowest BCUT2D eigenvalue weighted by Crippen LogP contribution is -2.22. The maximum atomic E-state index is 11.9. The Morgan fingerprint density at radius 1 is 1.38 bits per heavy atom. The molecule has 1 aromatic rings. The smallest absolute Gasteiger partial charge is 0.235 e. The molecule has 0 aliphatic heterocycles. The van der Waals surface area contributed by atoms with E-state index in [1.165, 1.54) is 0 Å². The van der Waals surface area contributed by atoms with Crippen LogP contribution in [0, 0.1) is 18.8 Å². The molecule has 1 aromatic carbocycles. The lowest BCUT2D eigenvalue weighted by atomic mass is 10.1. The summed E-state index contributed by atoms with van der Waals surface area (Å²) in [6.07, 6.45) is 0.00585. The zero-order chi connectivity index (χ0) is 15.9. The highest BCUT2D eigenvalue weighted by atomic mass is 32.2. The van der Waals surface area contributed by atoms with Crippen LogP contribution in [0.2, 0.25) is 0 Å². The summed E-state index contributed by atoms with van der Waals surface area (Å²) < 4.78 is 31.7. The van der Waals surface area contributed by atoms with Gasteiger partial charge in [0.2, 0.25) is 10.0 Å². The average molecular weight is 311 g/mol. The van der Waals surface area contributed by atoms with E-state index in [-0.39, 0.29) is 25.1 Å². The van der Waals surface area contributed by atoms with Crippen LogP contribution in [0.4, 0.5) is 5.69 Å². The van der Waals surface area contributed by atoms with Crippen molar-refractivity contribution in [3.8, 4) is 11.8 Å². The number of sulfonamides is 1. The molecular weight excluding hydrogens is 290 g/mol. The van der Waals surface area contributed by atoms with E-state index in [1.807, 2.05) is 13.8 Å². The third-order valence-electron chi connectivity index (χ3n) is 2.61. The second-order valence-electron chi connectivity index (χ2n) is 4.83. The lowest BCUT2D eigenvalue weighted by molar-refractivity contribution is 0.0913. The topological polar surface area (TPSA) is 75.6 Å². The summed E-state index contributed by atoms with van der Waals surface area (Å²) in [5.41, 5.74) is 2.02. The van der Waals surface area contributed by atoms with E-state index in [9.17, 15) is 8.42 Å². The van der Waals surface area contributed by atoms with Crippen molar-refractivity contribution in [2.24, 2.45) is 0 Å². The molecule has 2 N–H and O–H groups in total. The summed E-state index contributed by atoms with van der Waals surface area (Å²) in [4.78, 5) is 0. The molecule has 0 spiro atoms. The molecule has 0 aliphatic carbocycles.